The van der Waals surface area contributed by atoms with Crippen molar-refractivity contribution in [3.05, 3.63) is 0 Å². The molecule has 64 valence electrons. The van der Waals surface area contributed by atoms with Crippen LogP contribution in [0.5, 0.6) is 0 Å². The summed E-state index contributed by atoms with van der Waals surface area (Å²) in [7, 11) is 0. The maximum atomic E-state index is 8.38. The number of hydrogen-bond acceptors (Lipinski definition) is 1. The van der Waals surface area contributed by atoms with E-state index in [9.17, 15) is 0 Å². The van der Waals surface area contributed by atoms with E-state index in [4.69, 9.17) is 5.11 Å². The molecule has 0 heterocycles. The molecule has 1 nitrogen and oxygen atoms in total. The zero-order chi connectivity index (χ0) is 8.53. The first-order valence-corrected chi connectivity index (χ1v) is 4.37. The van der Waals surface area contributed by atoms with Crippen LogP contribution in [0.15, 0.2) is 0 Å². The molecular formula is C10H18O. The molecule has 0 bridgehead atoms. The molecule has 0 aliphatic heterocycles. The van der Waals surface area contributed by atoms with Crippen LogP contribution in [0.3, 0.4) is 0 Å². The van der Waals surface area contributed by atoms with E-state index in [1.54, 1.807) is 0 Å². The highest BCUT2D eigenvalue weighted by atomic mass is 16.2. The Kier molecular flexibility index (Phi) is 7.29. The van der Waals surface area contributed by atoms with Crippen LogP contribution in [0.1, 0.15) is 39.5 Å². The van der Waals surface area contributed by atoms with Crippen LogP contribution in [0.25, 0.3) is 0 Å². The van der Waals surface area contributed by atoms with E-state index >= 15 is 0 Å². The summed E-state index contributed by atoms with van der Waals surface area (Å²) in [5.74, 6) is 6.29. The van der Waals surface area contributed by atoms with Crippen molar-refractivity contribution in [2.24, 2.45) is 5.92 Å². The molecule has 1 unspecified atom stereocenters. The minimum Gasteiger partial charge on any atom is -0.384 e. The SMILES string of the molecule is CCCCC(C)CC#CCO. The largest absolute Gasteiger partial charge is 0.384 e. The van der Waals surface area contributed by atoms with Gasteiger partial charge in [-0.2, -0.15) is 0 Å². The normalized spacial score (nSPS) is 11.9. The van der Waals surface area contributed by atoms with Gasteiger partial charge in [0.15, 0.2) is 0 Å². The molecular weight excluding hydrogens is 136 g/mol. The number of rotatable bonds is 4. The summed E-state index contributed by atoms with van der Waals surface area (Å²) in [6.45, 7) is 4.41. The van der Waals surface area contributed by atoms with Crippen molar-refractivity contribution in [3.8, 4) is 11.8 Å². The number of hydrogen-bond donors (Lipinski definition) is 1. The first kappa shape index (κ1) is 10.5. The summed E-state index contributed by atoms with van der Waals surface area (Å²) in [5, 5.41) is 8.38. The maximum Gasteiger partial charge on any atom is 0.104 e. The van der Waals surface area contributed by atoms with Gasteiger partial charge in [-0.25, -0.2) is 0 Å². The average molecular weight is 154 g/mol. The highest BCUT2D eigenvalue weighted by molar-refractivity contribution is 4.99. The Morgan fingerprint density at radius 3 is 2.64 bits per heavy atom. The lowest BCUT2D eigenvalue weighted by Gasteiger charge is -2.04. The Morgan fingerprint density at radius 2 is 2.09 bits per heavy atom. The van der Waals surface area contributed by atoms with Gasteiger partial charge in [-0.15, -0.1) is 5.92 Å². The van der Waals surface area contributed by atoms with E-state index in [1.165, 1.54) is 19.3 Å². The van der Waals surface area contributed by atoms with Crippen LogP contribution in [0, 0.1) is 17.8 Å². The summed E-state index contributed by atoms with van der Waals surface area (Å²) in [6, 6.07) is 0. The molecule has 0 amide bonds. The van der Waals surface area contributed by atoms with Gasteiger partial charge in [0.05, 0.1) is 0 Å². The number of unbranched alkanes of at least 4 members (excludes halogenated alkanes) is 1. The fourth-order valence-corrected chi connectivity index (χ4v) is 0.957. The lowest BCUT2D eigenvalue weighted by molar-refractivity contribution is 0.350. The van der Waals surface area contributed by atoms with Crippen molar-refractivity contribution in [2.45, 2.75) is 39.5 Å². The minimum absolute atomic E-state index is 0.000494. The third-order valence-electron chi connectivity index (χ3n) is 1.71. The molecule has 0 spiro atoms. The van der Waals surface area contributed by atoms with Crippen LogP contribution in [0.4, 0.5) is 0 Å². The Labute approximate surface area is 69.8 Å². The van der Waals surface area contributed by atoms with Gasteiger partial charge in [0.25, 0.3) is 0 Å². The second kappa shape index (κ2) is 7.63. The standard InChI is InChI=1S/C10H18O/c1-3-4-7-10(2)8-5-6-9-11/h10-11H,3-4,7-9H2,1-2H3. The zero-order valence-electron chi connectivity index (χ0n) is 7.56. The molecule has 1 heteroatoms. The second-order valence-electron chi connectivity index (χ2n) is 2.96. The molecule has 0 saturated heterocycles. The van der Waals surface area contributed by atoms with Crippen molar-refractivity contribution >= 4 is 0 Å². The first-order chi connectivity index (χ1) is 5.31. The smallest absolute Gasteiger partial charge is 0.104 e. The van der Waals surface area contributed by atoms with E-state index in [2.05, 4.69) is 25.7 Å². The van der Waals surface area contributed by atoms with Gasteiger partial charge in [0, 0.05) is 6.42 Å². The molecule has 0 aliphatic carbocycles. The molecule has 0 saturated carbocycles. The van der Waals surface area contributed by atoms with E-state index in [0.29, 0.717) is 5.92 Å². The number of aliphatic hydroxyl groups is 1. The maximum absolute atomic E-state index is 8.38. The number of aliphatic hydroxyl groups excluding tert-OH is 1. The molecule has 0 radical (unpaired) electrons. The van der Waals surface area contributed by atoms with Crippen molar-refractivity contribution in [2.75, 3.05) is 6.61 Å². The summed E-state index contributed by atoms with van der Waals surface area (Å²) in [4.78, 5) is 0. The van der Waals surface area contributed by atoms with E-state index < -0.39 is 0 Å². The van der Waals surface area contributed by atoms with Gasteiger partial charge < -0.3 is 5.11 Å². The Bertz CT molecular complexity index is 130. The van der Waals surface area contributed by atoms with Gasteiger partial charge in [0.2, 0.25) is 0 Å². The zero-order valence-corrected chi connectivity index (χ0v) is 7.56. The Balaban J connectivity index is 3.28. The molecule has 1 N–H and O–H groups in total. The fraction of sp³-hybridized carbons (Fsp3) is 0.800. The molecule has 1 atom stereocenters. The predicted octanol–water partition coefficient (Wildman–Crippen LogP) is 2.20. The fourth-order valence-electron chi connectivity index (χ4n) is 0.957. The third-order valence-corrected chi connectivity index (χ3v) is 1.71. The quantitative estimate of drug-likeness (QED) is 0.615. The van der Waals surface area contributed by atoms with Gasteiger partial charge in [-0.05, 0) is 12.3 Å². The van der Waals surface area contributed by atoms with Crippen molar-refractivity contribution < 1.29 is 5.11 Å². The molecule has 11 heavy (non-hydrogen) atoms. The molecule has 0 aromatic heterocycles. The van der Waals surface area contributed by atoms with Crippen LogP contribution in [0.2, 0.25) is 0 Å². The van der Waals surface area contributed by atoms with Crippen LogP contribution in [-0.4, -0.2) is 11.7 Å². The Morgan fingerprint density at radius 1 is 1.36 bits per heavy atom. The molecule has 0 aromatic carbocycles. The van der Waals surface area contributed by atoms with Crippen LogP contribution in [-0.2, 0) is 0 Å². The average Bonchev–Trinajstić information content (AvgIpc) is 2.01. The van der Waals surface area contributed by atoms with Crippen molar-refractivity contribution in [1.29, 1.82) is 0 Å². The van der Waals surface area contributed by atoms with Gasteiger partial charge in [-0.3, -0.25) is 0 Å². The second-order valence-corrected chi connectivity index (χ2v) is 2.96. The molecule has 0 aliphatic rings. The van der Waals surface area contributed by atoms with E-state index in [-0.39, 0.29) is 6.61 Å². The van der Waals surface area contributed by atoms with E-state index in [1.807, 2.05) is 0 Å². The van der Waals surface area contributed by atoms with Gasteiger partial charge in [-0.1, -0.05) is 32.6 Å². The summed E-state index contributed by atoms with van der Waals surface area (Å²) < 4.78 is 0. The van der Waals surface area contributed by atoms with Crippen molar-refractivity contribution in [3.63, 3.8) is 0 Å². The first-order valence-electron chi connectivity index (χ1n) is 4.37. The summed E-state index contributed by atoms with van der Waals surface area (Å²) in [6.07, 6.45) is 4.75. The van der Waals surface area contributed by atoms with Gasteiger partial charge >= 0.3 is 0 Å². The highest BCUT2D eigenvalue weighted by Gasteiger charge is 1.97. The minimum atomic E-state index is 0.000494. The van der Waals surface area contributed by atoms with E-state index in [0.717, 1.165) is 6.42 Å². The highest BCUT2D eigenvalue weighted by Crippen LogP contribution is 2.10. The Hall–Kier alpha value is -0.480. The molecule has 0 fully saturated rings. The predicted molar refractivity (Wildman–Crippen MR) is 48.2 cm³/mol. The molecule has 0 rings (SSSR count). The lowest BCUT2D eigenvalue weighted by Crippen LogP contribution is -1.92. The van der Waals surface area contributed by atoms with Crippen LogP contribution >= 0.6 is 0 Å². The summed E-state index contributed by atoms with van der Waals surface area (Å²) in [5.41, 5.74) is 0. The summed E-state index contributed by atoms with van der Waals surface area (Å²) >= 11 is 0. The third kappa shape index (κ3) is 7.42. The lowest BCUT2D eigenvalue weighted by atomic mass is 10.0. The van der Waals surface area contributed by atoms with Crippen molar-refractivity contribution in [1.82, 2.24) is 0 Å². The van der Waals surface area contributed by atoms with Crippen LogP contribution < -0.4 is 0 Å². The molecule has 0 aromatic rings. The topological polar surface area (TPSA) is 20.2 Å². The van der Waals surface area contributed by atoms with Gasteiger partial charge in [0.1, 0.15) is 6.61 Å². The monoisotopic (exact) mass is 154 g/mol.